The molecule has 0 amide bonds. The fourth-order valence-electron chi connectivity index (χ4n) is 2.15. The van der Waals surface area contributed by atoms with Crippen molar-refractivity contribution in [2.24, 2.45) is 0 Å². The van der Waals surface area contributed by atoms with Crippen molar-refractivity contribution in [1.82, 2.24) is 0 Å². The van der Waals surface area contributed by atoms with Crippen LogP contribution in [0.1, 0.15) is 42.3 Å². The van der Waals surface area contributed by atoms with Crippen LogP contribution in [0.5, 0.6) is 0 Å². The third-order valence-corrected chi connectivity index (χ3v) is 3.48. The summed E-state index contributed by atoms with van der Waals surface area (Å²) in [5.41, 5.74) is 5.63. The van der Waals surface area contributed by atoms with Gasteiger partial charge in [0.1, 0.15) is 6.29 Å². The molecule has 19 heavy (non-hydrogen) atoms. The monoisotopic (exact) mass is 252 g/mol. The zero-order valence-electron chi connectivity index (χ0n) is 12.0. The van der Waals surface area contributed by atoms with Gasteiger partial charge in [-0.25, -0.2) is 0 Å². The van der Waals surface area contributed by atoms with Crippen molar-refractivity contribution in [2.45, 2.75) is 33.1 Å². The third-order valence-electron chi connectivity index (χ3n) is 3.48. The number of hydrogen-bond donors (Lipinski definition) is 0. The molecule has 0 spiro atoms. The summed E-state index contributed by atoms with van der Waals surface area (Å²) in [5, 5.41) is 0. The topological polar surface area (TPSA) is 17.1 Å². The Labute approximate surface area is 115 Å². The summed E-state index contributed by atoms with van der Waals surface area (Å²) in [7, 11) is 0. The Balaban J connectivity index is 2.37. The van der Waals surface area contributed by atoms with Crippen LogP contribution in [0.15, 0.2) is 42.5 Å². The molecule has 0 fully saturated rings. The molecule has 0 saturated carbocycles. The summed E-state index contributed by atoms with van der Waals surface area (Å²) < 4.78 is 0. The first kappa shape index (κ1) is 13.5. The van der Waals surface area contributed by atoms with E-state index in [1.807, 2.05) is 19.1 Å². The van der Waals surface area contributed by atoms with Gasteiger partial charge in [0.2, 0.25) is 0 Å². The van der Waals surface area contributed by atoms with E-state index in [-0.39, 0.29) is 5.41 Å². The van der Waals surface area contributed by atoms with Crippen molar-refractivity contribution < 1.29 is 4.79 Å². The van der Waals surface area contributed by atoms with Crippen LogP contribution in [0, 0.1) is 6.92 Å². The summed E-state index contributed by atoms with van der Waals surface area (Å²) in [6, 6.07) is 14.6. The highest BCUT2D eigenvalue weighted by Crippen LogP contribution is 2.27. The second-order valence-corrected chi connectivity index (χ2v) is 6.02. The van der Waals surface area contributed by atoms with Gasteiger partial charge >= 0.3 is 0 Å². The van der Waals surface area contributed by atoms with E-state index in [9.17, 15) is 4.79 Å². The zero-order valence-corrected chi connectivity index (χ0v) is 12.0. The van der Waals surface area contributed by atoms with E-state index in [0.717, 1.165) is 23.0 Å². The molecule has 98 valence electrons. The number of aldehydes is 1. The molecule has 0 heterocycles. The maximum atomic E-state index is 10.8. The first-order chi connectivity index (χ1) is 8.91. The summed E-state index contributed by atoms with van der Waals surface area (Å²) >= 11 is 0. The number of aryl methyl sites for hydroxylation is 1. The lowest BCUT2D eigenvalue weighted by molar-refractivity contribution is 0.112. The Morgan fingerprint density at radius 1 is 0.895 bits per heavy atom. The molecule has 0 saturated heterocycles. The van der Waals surface area contributed by atoms with E-state index in [1.54, 1.807) is 0 Å². The molecule has 0 N–H and O–H groups in total. The molecule has 0 radical (unpaired) electrons. The Morgan fingerprint density at radius 2 is 1.47 bits per heavy atom. The van der Waals surface area contributed by atoms with E-state index >= 15 is 0 Å². The van der Waals surface area contributed by atoms with Gasteiger partial charge in [-0.05, 0) is 34.6 Å². The molecule has 0 bridgehead atoms. The third kappa shape index (κ3) is 2.93. The highest BCUT2D eigenvalue weighted by Gasteiger charge is 2.13. The lowest BCUT2D eigenvalue weighted by Crippen LogP contribution is -2.10. The summed E-state index contributed by atoms with van der Waals surface area (Å²) in [5.74, 6) is 0. The maximum Gasteiger partial charge on any atom is 0.150 e. The molecule has 2 aromatic carbocycles. The molecule has 0 aliphatic carbocycles. The van der Waals surface area contributed by atoms with Gasteiger partial charge in [-0.1, -0.05) is 63.2 Å². The fourth-order valence-corrected chi connectivity index (χ4v) is 2.15. The molecule has 1 heteroatoms. The fraction of sp³-hybridized carbons (Fsp3) is 0.278. The van der Waals surface area contributed by atoms with Gasteiger partial charge in [0.15, 0.2) is 0 Å². The highest BCUT2D eigenvalue weighted by atomic mass is 16.1. The molecule has 0 aliphatic heterocycles. The van der Waals surface area contributed by atoms with Gasteiger partial charge in [-0.15, -0.1) is 0 Å². The second-order valence-electron chi connectivity index (χ2n) is 6.02. The highest BCUT2D eigenvalue weighted by molar-refractivity contribution is 5.79. The maximum absolute atomic E-state index is 10.8. The predicted molar refractivity (Wildman–Crippen MR) is 80.7 cm³/mol. The summed E-state index contributed by atoms with van der Waals surface area (Å²) in [6.45, 7) is 8.61. The first-order valence-corrected chi connectivity index (χ1v) is 6.58. The lowest BCUT2D eigenvalue weighted by atomic mass is 9.86. The van der Waals surface area contributed by atoms with Crippen molar-refractivity contribution >= 4 is 6.29 Å². The van der Waals surface area contributed by atoms with Gasteiger partial charge in [0.05, 0.1) is 0 Å². The number of hydrogen-bond acceptors (Lipinski definition) is 1. The normalized spacial score (nSPS) is 11.4. The van der Waals surface area contributed by atoms with Crippen LogP contribution in [-0.4, -0.2) is 6.29 Å². The molecular formula is C18H20O. The predicted octanol–water partition coefficient (Wildman–Crippen LogP) is 4.77. The van der Waals surface area contributed by atoms with Gasteiger partial charge in [0.25, 0.3) is 0 Å². The van der Waals surface area contributed by atoms with Crippen molar-refractivity contribution in [3.63, 3.8) is 0 Å². The van der Waals surface area contributed by atoms with E-state index in [2.05, 4.69) is 51.1 Å². The van der Waals surface area contributed by atoms with Crippen LogP contribution in [0.25, 0.3) is 11.1 Å². The Bertz CT molecular complexity index is 586. The van der Waals surface area contributed by atoms with Crippen LogP contribution in [0.2, 0.25) is 0 Å². The van der Waals surface area contributed by atoms with E-state index in [4.69, 9.17) is 0 Å². The molecule has 0 atom stereocenters. The molecule has 0 unspecified atom stereocenters. The van der Waals surface area contributed by atoms with Crippen molar-refractivity contribution in [3.8, 4) is 11.1 Å². The van der Waals surface area contributed by atoms with Crippen LogP contribution >= 0.6 is 0 Å². The van der Waals surface area contributed by atoms with Crippen LogP contribution in [0.4, 0.5) is 0 Å². The minimum absolute atomic E-state index is 0.176. The Hall–Kier alpha value is -1.89. The lowest BCUT2D eigenvalue weighted by Gasteiger charge is -2.19. The van der Waals surface area contributed by atoms with E-state index in [1.165, 1.54) is 11.1 Å². The molecule has 1 nitrogen and oxygen atoms in total. The average molecular weight is 252 g/mol. The number of rotatable bonds is 2. The SMILES string of the molecule is Cc1cc(-c2ccc(C(C)(C)C)cc2)ccc1C=O. The largest absolute Gasteiger partial charge is 0.298 e. The van der Waals surface area contributed by atoms with Gasteiger partial charge in [-0.2, -0.15) is 0 Å². The molecule has 2 aromatic rings. The van der Waals surface area contributed by atoms with Gasteiger partial charge in [-0.3, -0.25) is 4.79 Å². The number of carbonyl (C=O) groups is 1. The second kappa shape index (κ2) is 5.00. The van der Waals surface area contributed by atoms with Crippen LogP contribution in [0.3, 0.4) is 0 Å². The van der Waals surface area contributed by atoms with E-state index < -0.39 is 0 Å². The average Bonchev–Trinajstić information content (AvgIpc) is 2.38. The Kier molecular flexibility index (Phi) is 3.57. The van der Waals surface area contributed by atoms with Crippen LogP contribution in [-0.2, 0) is 5.41 Å². The zero-order chi connectivity index (χ0) is 14.0. The van der Waals surface area contributed by atoms with E-state index in [0.29, 0.717) is 0 Å². The minimum Gasteiger partial charge on any atom is -0.298 e. The quantitative estimate of drug-likeness (QED) is 0.703. The number of benzene rings is 2. The summed E-state index contributed by atoms with van der Waals surface area (Å²) in [6.07, 6.45) is 0.905. The molecular weight excluding hydrogens is 232 g/mol. The van der Waals surface area contributed by atoms with Gasteiger partial charge in [0, 0.05) is 5.56 Å². The molecule has 0 aromatic heterocycles. The van der Waals surface area contributed by atoms with Crippen LogP contribution < -0.4 is 0 Å². The summed E-state index contributed by atoms with van der Waals surface area (Å²) in [4.78, 5) is 10.8. The smallest absolute Gasteiger partial charge is 0.150 e. The minimum atomic E-state index is 0.176. The Morgan fingerprint density at radius 3 is 1.95 bits per heavy atom. The van der Waals surface area contributed by atoms with Gasteiger partial charge < -0.3 is 0 Å². The van der Waals surface area contributed by atoms with Crippen molar-refractivity contribution in [3.05, 3.63) is 59.2 Å². The number of carbonyl (C=O) groups excluding carboxylic acids is 1. The molecule has 0 aliphatic rings. The van der Waals surface area contributed by atoms with Crippen molar-refractivity contribution in [1.29, 1.82) is 0 Å². The standard InChI is InChI=1S/C18H20O/c1-13-11-15(5-6-16(13)12-19)14-7-9-17(10-8-14)18(2,3)4/h5-12H,1-4H3. The first-order valence-electron chi connectivity index (χ1n) is 6.58. The molecule has 2 rings (SSSR count). The van der Waals surface area contributed by atoms with Crippen molar-refractivity contribution in [2.75, 3.05) is 0 Å².